The van der Waals surface area contributed by atoms with Crippen molar-refractivity contribution in [2.45, 2.75) is 90.4 Å². The van der Waals surface area contributed by atoms with Crippen LogP contribution in [0.4, 0.5) is 0 Å². The first-order valence-electron chi connectivity index (χ1n) is 11.1. The third-order valence-corrected chi connectivity index (χ3v) is 12.4. The lowest BCUT2D eigenvalue weighted by Crippen LogP contribution is -2.76. The van der Waals surface area contributed by atoms with Crippen LogP contribution in [0.2, 0.25) is 18.1 Å². The summed E-state index contributed by atoms with van der Waals surface area (Å²) in [6.45, 7) is 15.6. The van der Waals surface area contributed by atoms with Gasteiger partial charge in [-0.3, -0.25) is 4.79 Å². The Labute approximate surface area is 197 Å². The molecule has 1 amide bonds. The molecule has 0 spiro atoms. The van der Waals surface area contributed by atoms with Gasteiger partial charge in [-0.05, 0) is 29.4 Å². The summed E-state index contributed by atoms with van der Waals surface area (Å²) in [5, 5.41) is 0.645. The Morgan fingerprint density at radius 3 is 2.32 bits per heavy atom. The molecule has 174 valence electrons. The maximum absolute atomic E-state index is 13.3. The second-order valence-electron chi connectivity index (χ2n) is 10.3. The normalized spacial score (nSPS) is 20.5. The van der Waals surface area contributed by atoms with Crippen molar-refractivity contribution in [1.29, 1.82) is 0 Å². The van der Waals surface area contributed by atoms with Gasteiger partial charge in [0.15, 0.2) is 20.4 Å². The molecule has 0 radical (unpaired) electrons. The van der Waals surface area contributed by atoms with E-state index < -0.39 is 26.4 Å². The quantitative estimate of drug-likeness (QED) is 0.179. The van der Waals surface area contributed by atoms with Crippen LogP contribution in [0.3, 0.4) is 0 Å². The Balaban J connectivity index is 2.13. The molecule has 1 heterocycles. The number of rotatable bonds is 10. The van der Waals surface area contributed by atoms with Gasteiger partial charge in [0.25, 0.3) is 0 Å². The van der Waals surface area contributed by atoms with Gasteiger partial charge in [0.05, 0.1) is 6.04 Å². The number of hydrogen-bond donors (Lipinski definition) is 0. The van der Waals surface area contributed by atoms with Crippen molar-refractivity contribution in [3.8, 4) is 0 Å². The van der Waals surface area contributed by atoms with Crippen molar-refractivity contribution < 1.29 is 19.1 Å². The zero-order chi connectivity index (χ0) is 23.4. The van der Waals surface area contributed by atoms with Crippen LogP contribution in [0.1, 0.15) is 53.0 Å². The number of esters is 1. The van der Waals surface area contributed by atoms with E-state index in [0.29, 0.717) is 17.7 Å². The highest BCUT2D eigenvalue weighted by molar-refractivity contribution is 9.09. The highest BCUT2D eigenvalue weighted by atomic mass is 79.9. The molecular weight excluding hydrogens is 474 g/mol. The van der Waals surface area contributed by atoms with E-state index in [1.54, 1.807) is 0 Å². The maximum Gasteiger partial charge on any atom is 0.335 e. The van der Waals surface area contributed by atoms with Crippen molar-refractivity contribution in [3.05, 3.63) is 35.9 Å². The summed E-state index contributed by atoms with van der Waals surface area (Å²) < 4.78 is 13.8. The zero-order valence-electron chi connectivity index (χ0n) is 20.0. The molecule has 1 aromatic rings. The molecular formula is C24H38BrNO4Si. The summed E-state index contributed by atoms with van der Waals surface area (Å²) in [6, 6.07) is 9.59. The number of benzene rings is 1. The molecule has 0 aliphatic carbocycles. The number of halogens is 1. The maximum atomic E-state index is 13.3. The number of alkyl halides is 1. The number of carbonyl (C=O) groups is 2. The first-order chi connectivity index (χ1) is 14.4. The van der Waals surface area contributed by atoms with Crippen LogP contribution in [-0.2, 0) is 25.7 Å². The van der Waals surface area contributed by atoms with Gasteiger partial charge in [-0.1, -0.05) is 94.0 Å². The van der Waals surface area contributed by atoms with E-state index in [2.05, 4.69) is 68.2 Å². The highest BCUT2D eigenvalue weighted by Gasteiger charge is 2.58. The fourth-order valence-electron chi connectivity index (χ4n) is 3.77. The lowest BCUT2D eigenvalue weighted by atomic mass is 9.92. The molecule has 5 nitrogen and oxygen atoms in total. The summed E-state index contributed by atoms with van der Waals surface area (Å²) >= 11 is 3.41. The summed E-state index contributed by atoms with van der Waals surface area (Å²) in [4.78, 5) is 26.0. The SMILES string of the molecule is CC(C)C[C@H]1[C@H](O[C@@H](CCBr)C(=O)OCc2ccccc2)C(=O)N1[Si](C)(C)C(C)(C)C. The number of carbonyl (C=O) groups excluding carboxylic acids is 2. The van der Waals surface area contributed by atoms with Crippen molar-refractivity contribution in [3.63, 3.8) is 0 Å². The van der Waals surface area contributed by atoms with E-state index in [9.17, 15) is 9.59 Å². The van der Waals surface area contributed by atoms with E-state index in [1.807, 2.05) is 30.3 Å². The topological polar surface area (TPSA) is 55.8 Å². The van der Waals surface area contributed by atoms with Gasteiger partial charge in [-0.25, -0.2) is 4.79 Å². The predicted molar refractivity (Wildman–Crippen MR) is 131 cm³/mol. The predicted octanol–water partition coefficient (Wildman–Crippen LogP) is 5.53. The van der Waals surface area contributed by atoms with Gasteiger partial charge in [-0.2, -0.15) is 0 Å². The molecule has 1 fully saturated rings. The van der Waals surface area contributed by atoms with Gasteiger partial charge in [0.2, 0.25) is 5.91 Å². The second kappa shape index (κ2) is 10.6. The fraction of sp³-hybridized carbons (Fsp3) is 0.667. The Hall–Kier alpha value is -1.18. The number of amides is 1. The van der Waals surface area contributed by atoms with Crippen LogP contribution in [-0.4, -0.2) is 48.3 Å². The molecule has 0 saturated carbocycles. The lowest BCUT2D eigenvalue weighted by molar-refractivity contribution is -0.184. The third-order valence-electron chi connectivity index (χ3n) is 6.48. The molecule has 1 aromatic carbocycles. The summed E-state index contributed by atoms with van der Waals surface area (Å²) in [6.07, 6.45) is -0.00680. The molecule has 0 bridgehead atoms. The monoisotopic (exact) mass is 511 g/mol. The molecule has 0 unspecified atom stereocenters. The molecule has 1 aliphatic rings. The van der Waals surface area contributed by atoms with Crippen LogP contribution < -0.4 is 0 Å². The largest absolute Gasteiger partial charge is 0.459 e. The number of nitrogens with zero attached hydrogens (tertiary/aromatic N) is 1. The highest BCUT2D eigenvalue weighted by Crippen LogP contribution is 2.45. The van der Waals surface area contributed by atoms with Crippen LogP contribution in [0, 0.1) is 5.92 Å². The Kier molecular flexibility index (Phi) is 8.93. The van der Waals surface area contributed by atoms with E-state index in [0.717, 1.165) is 12.0 Å². The van der Waals surface area contributed by atoms with Crippen LogP contribution >= 0.6 is 15.9 Å². The second-order valence-corrected chi connectivity index (χ2v) is 16.2. The number of hydrogen-bond acceptors (Lipinski definition) is 4. The van der Waals surface area contributed by atoms with Crippen LogP contribution in [0.25, 0.3) is 0 Å². The van der Waals surface area contributed by atoms with Crippen molar-refractivity contribution in [1.82, 2.24) is 4.57 Å². The van der Waals surface area contributed by atoms with E-state index in [4.69, 9.17) is 9.47 Å². The lowest BCUT2D eigenvalue weighted by Gasteiger charge is -2.58. The fourth-order valence-corrected chi connectivity index (χ4v) is 6.66. The molecule has 7 heteroatoms. The van der Waals surface area contributed by atoms with E-state index in [-0.39, 0.29) is 23.6 Å². The van der Waals surface area contributed by atoms with Crippen LogP contribution in [0.15, 0.2) is 30.3 Å². The Morgan fingerprint density at radius 1 is 1.19 bits per heavy atom. The summed E-state index contributed by atoms with van der Waals surface area (Å²) in [5.74, 6) is 0.0361. The zero-order valence-corrected chi connectivity index (χ0v) is 22.6. The molecule has 1 saturated heterocycles. The minimum absolute atomic E-state index is 0.00754. The van der Waals surface area contributed by atoms with Gasteiger partial charge in [-0.15, -0.1) is 0 Å². The average molecular weight is 513 g/mol. The summed E-state index contributed by atoms with van der Waals surface area (Å²) in [5.41, 5.74) is 0.926. The molecule has 1 aliphatic heterocycles. The van der Waals surface area contributed by atoms with E-state index >= 15 is 0 Å². The molecule has 0 N–H and O–H groups in total. The Morgan fingerprint density at radius 2 is 1.81 bits per heavy atom. The van der Waals surface area contributed by atoms with Crippen molar-refractivity contribution >= 4 is 36.0 Å². The van der Waals surface area contributed by atoms with Gasteiger partial charge in [0, 0.05) is 5.33 Å². The minimum atomic E-state index is -2.03. The van der Waals surface area contributed by atoms with Gasteiger partial charge < -0.3 is 14.0 Å². The summed E-state index contributed by atoms with van der Waals surface area (Å²) in [7, 11) is -2.03. The van der Waals surface area contributed by atoms with E-state index in [1.165, 1.54) is 0 Å². The molecule has 2 rings (SSSR count). The molecule has 31 heavy (non-hydrogen) atoms. The standard InChI is InChI=1S/C24H38BrNO4Si/c1-17(2)15-19-21(22(27)26(19)31(6,7)24(3,4)5)30-20(13-14-25)23(28)29-16-18-11-9-8-10-12-18/h8-12,17,19-21H,13-16H2,1-7H3/t19-,20-,21-/m0/s1. The minimum Gasteiger partial charge on any atom is -0.459 e. The average Bonchev–Trinajstić information content (AvgIpc) is 2.68. The first kappa shape index (κ1) is 26.1. The first-order valence-corrected chi connectivity index (χ1v) is 15.2. The smallest absolute Gasteiger partial charge is 0.335 e. The van der Waals surface area contributed by atoms with Gasteiger partial charge >= 0.3 is 5.97 Å². The van der Waals surface area contributed by atoms with Gasteiger partial charge in [0.1, 0.15) is 6.61 Å². The molecule has 0 aromatic heterocycles. The number of ether oxygens (including phenoxy) is 2. The Bertz CT molecular complexity index is 748. The van der Waals surface area contributed by atoms with Crippen molar-refractivity contribution in [2.75, 3.05) is 5.33 Å². The third kappa shape index (κ3) is 6.20. The number of β-lactam (4-membered cyclic amide) rings is 1. The van der Waals surface area contributed by atoms with Crippen molar-refractivity contribution in [2.24, 2.45) is 5.92 Å². The van der Waals surface area contributed by atoms with Crippen LogP contribution in [0.5, 0.6) is 0 Å². The molecule has 3 atom stereocenters.